The van der Waals surface area contributed by atoms with Crippen LogP contribution in [0, 0.1) is 0 Å². The lowest BCUT2D eigenvalue weighted by Gasteiger charge is -2.39. The zero-order valence-electron chi connectivity index (χ0n) is 10.8. The van der Waals surface area contributed by atoms with Gasteiger partial charge in [0.15, 0.2) is 14.6 Å². The Bertz CT molecular complexity index is 240. The van der Waals surface area contributed by atoms with Crippen LogP contribution in [0.5, 0.6) is 0 Å². The highest BCUT2D eigenvalue weighted by Crippen LogP contribution is 2.39. The van der Waals surface area contributed by atoms with Crippen LogP contribution in [0.2, 0.25) is 18.1 Å². The van der Waals surface area contributed by atoms with E-state index in [9.17, 15) is 5.11 Å². The first-order valence-electron chi connectivity index (χ1n) is 5.74. The third-order valence-corrected chi connectivity index (χ3v) is 8.96. The van der Waals surface area contributed by atoms with Crippen molar-refractivity contribution in [3.8, 4) is 0 Å². The molecule has 1 rings (SSSR count). The molecule has 0 aromatic carbocycles. The first kappa shape index (κ1) is 14.9. The molecular formula is C11H23IO3Si. The van der Waals surface area contributed by atoms with E-state index < -0.39 is 14.6 Å². The van der Waals surface area contributed by atoms with Crippen molar-refractivity contribution in [1.82, 2.24) is 0 Å². The molecule has 1 fully saturated rings. The molecule has 0 saturated carbocycles. The quantitative estimate of drug-likeness (QED) is 0.479. The largest absolute Gasteiger partial charge is 0.411 e. The summed E-state index contributed by atoms with van der Waals surface area (Å²) in [7, 11) is -1.75. The van der Waals surface area contributed by atoms with Gasteiger partial charge in [-0.15, -0.1) is 0 Å². The maximum Gasteiger partial charge on any atom is 0.192 e. The van der Waals surface area contributed by atoms with Crippen LogP contribution in [0.1, 0.15) is 27.2 Å². The molecule has 0 aromatic rings. The Hall–Kier alpha value is 0.827. The minimum absolute atomic E-state index is 0.0460. The maximum atomic E-state index is 9.51. The predicted octanol–water partition coefficient (Wildman–Crippen LogP) is 2.92. The molecule has 1 unspecified atom stereocenters. The fourth-order valence-corrected chi connectivity index (χ4v) is 3.64. The lowest BCUT2D eigenvalue weighted by molar-refractivity contribution is -0.0862. The summed E-state index contributed by atoms with van der Waals surface area (Å²) in [6.07, 6.45) is 0.0762. The molecule has 3 nitrogen and oxygen atoms in total. The molecule has 1 heterocycles. The van der Waals surface area contributed by atoms with E-state index >= 15 is 0 Å². The van der Waals surface area contributed by atoms with Crippen molar-refractivity contribution in [1.29, 1.82) is 0 Å². The lowest BCUT2D eigenvalue weighted by atomic mass is 10.2. The molecule has 96 valence electrons. The first-order valence-corrected chi connectivity index (χ1v) is 10.2. The molecule has 0 aromatic heterocycles. The van der Waals surface area contributed by atoms with E-state index in [0.717, 1.165) is 4.43 Å². The summed E-state index contributed by atoms with van der Waals surface area (Å²) in [6, 6.07) is 0. The van der Waals surface area contributed by atoms with E-state index in [1.165, 1.54) is 0 Å². The van der Waals surface area contributed by atoms with Crippen LogP contribution >= 0.6 is 22.6 Å². The molecule has 0 aliphatic carbocycles. The number of aliphatic hydroxyl groups excluding tert-OH is 1. The summed E-state index contributed by atoms with van der Waals surface area (Å²) >= 11 is 2.29. The number of halogens is 1. The molecule has 0 spiro atoms. The normalized spacial score (nSPS) is 32.1. The van der Waals surface area contributed by atoms with Crippen LogP contribution in [-0.2, 0) is 9.16 Å². The Balaban J connectivity index is 2.66. The van der Waals surface area contributed by atoms with Gasteiger partial charge in [0.1, 0.15) is 0 Å². The summed E-state index contributed by atoms with van der Waals surface area (Å²) < 4.78 is 12.6. The Morgan fingerprint density at radius 1 is 1.44 bits per heavy atom. The molecule has 16 heavy (non-hydrogen) atoms. The van der Waals surface area contributed by atoms with E-state index in [0.29, 0.717) is 6.42 Å². The average Bonchev–Trinajstić information content (AvgIpc) is 2.43. The lowest BCUT2D eigenvalue weighted by Crippen LogP contribution is -2.46. The smallest absolute Gasteiger partial charge is 0.192 e. The van der Waals surface area contributed by atoms with Gasteiger partial charge in [-0.05, 0) is 18.1 Å². The minimum Gasteiger partial charge on any atom is -0.411 e. The van der Waals surface area contributed by atoms with E-state index in [1.807, 2.05) is 0 Å². The van der Waals surface area contributed by atoms with Crippen LogP contribution in [-0.4, -0.2) is 36.3 Å². The molecular weight excluding hydrogens is 335 g/mol. The van der Waals surface area contributed by atoms with E-state index in [1.54, 1.807) is 0 Å². The molecule has 0 bridgehead atoms. The van der Waals surface area contributed by atoms with Crippen molar-refractivity contribution >= 4 is 30.9 Å². The summed E-state index contributed by atoms with van der Waals surface area (Å²) in [6.45, 7) is 11.2. The van der Waals surface area contributed by atoms with Gasteiger partial charge in [0.25, 0.3) is 0 Å². The van der Waals surface area contributed by atoms with Crippen LogP contribution in [0.25, 0.3) is 0 Å². The minimum atomic E-state index is -1.75. The van der Waals surface area contributed by atoms with Crippen LogP contribution in [0.3, 0.4) is 0 Å². The van der Waals surface area contributed by atoms with Gasteiger partial charge >= 0.3 is 0 Å². The molecule has 3 atom stereocenters. The fraction of sp³-hybridized carbons (Fsp3) is 1.00. The molecule has 1 aliphatic rings. The Morgan fingerprint density at radius 2 is 2.00 bits per heavy atom. The second kappa shape index (κ2) is 5.22. The molecule has 5 heteroatoms. The third kappa shape index (κ3) is 3.41. The van der Waals surface area contributed by atoms with E-state index in [-0.39, 0.29) is 17.2 Å². The van der Waals surface area contributed by atoms with Crippen molar-refractivity contribution in [2.24, 2.45) is 0 Å². The van der Waals surface area contributed by atoms with Crippen molar-refractivity contribution in [2.75, 3.05) is 4.43 Å². The topological polar surface area (TPSA) is 38.7 Å². The summed E-state index contributed by atoms with van der Waals surface area (Å²) in [5.41, 5.74) is 0. The van der Waals surface area contributed by atoms with Gasteiger partial charge in [-0.25, -0.2) is 0 Å². The van der Waals surface area contributed by atoms with Gasteiger partial charge < -0.3 is 14.3 Å². The standard InChI is InChI=1S/C11H23IO3Si/c1-11(2,3)16(4,5)15-8-6-10(13)14-9(8)7-12/h8-10,13H,6-7H2,1-5H3/t8-,9+,10?/m0/s1. The number of rotatable bonds is 3. The van der Waals surface area contributed by atoms with Crippen molar-refractivity contribution in [3.05, 3.63) is 0 Å². The van der Waals surface area contributed by atoms with Gasteiger partial charge in [-0.2, -0.15) is 0 Å². The third-order valence-electron chi connectivity index (χ3n) is 3.58. The maximum absolute atomic E-state index is 9.51. The highest BCUT2D eigenvalue weighted by molar-refractivity contribution is 14.1. The summed E-state index contributed by atoms with van der Waals surface area (Å²) in [5, 5.41) is 9.72. The van der Waals surface area contributed by atoms with Gasteiger partial charge in [-0.1, -0.05) is 43.4 Å². The van der Waals surface area contributed by atoms with Gasteiger partial charge in [0.05, 0.1) is 12.2 Å². The van der Waals surface area contributed by atoms with Crippen LogP contribution in [0.15, 0.2) is 0 Å². The molecule has 1 saturated heterocycles. The number of ether oxygens (including phenoxy) is 1. The SMILES string of the molecule is CC(C)(C)[Si](C)(C)O[C@H]1CC(O)O[C@@H]1CI. The molecule has 0 amide bonds. The second-order valence-corrected chi connectivity index (χ2v) is 11.6. The highest BCUT2D eigenvalue weighted by atomic mass is 127. The Labute approximate surface area is 113 Å². The number of hydrogen-bond donors (Lipinski definition) is 1. The molecule has 1 aliphatic heterocycles. The Kier molecular flexibility index (Phi) is 4.85. The van der Waals surface area contributed by atoms with Gasteiger partial charge in [0.2, 0.25) is 0 Å². The number of alkyl halides is 1. The van der Waals surface area contributed by atoms with Crippen LogP contribution in [0.4, 0.5) is 0 Å². The summed E-state index contributed by atoms with van der Waals surface area (Å²) in [5.74, 6) is 0. The fourth-order valence-electron chi connectivity index (χ4n) is 1.51. The number of aliphatic hydroxyl groups is 1. The Morgan fingerprint density at radius 3 is 2.44 bits per heavy atom. The molecule has 1 N–H and O–H groups in total. The zero-order valence-corrected chi connectivity index (χ0v) is 13.9. The molecule has 0 radical (unpaired) electrons. The van der Waals surface area contributed by atoms with Crippen molar-refractivity contribution in [2.45, 2.75) is 63.8 Å². The van der Waals surface area contributed by atoms with Gasteiger partial charge in [0, 0.05) is 10.8 Å². The average molecular weight is 358 g/mol. The monoisotopic (exact) mass is 358 g/mol. The van der Waals surface area contributed by atoms with Gasteiger partial charge in [-0.3, -0.25) is 0 Å². The van der Waals surface area contributed by atoms with E-state index in [4.69, 9.17) is 9.16 Å². The van der Waals surface area contributed by atoms with Crippen molar-refractivity contribution < 1.29 is 14.3 Å². The first-order chi connectivity index (χ1) is 7.17. The second-order valence-electron chi connectivity index (χ2n) is 5.94. The van der Waals surface area contributed by atoms with E-state index in [2.05, 4.69) is 56.5 Å². The highest BCUT2D eigenvalue weighted by Gasteiger charge is 2.43. The predicted molar refractivity (Wildman–Crippen MR) is 76.5 cm³/mol. The van der Waals surface area contributed by atoms with Crippen molar-refractivity contribution in [3.63, 3.8) is 0 Å². The van der Waals surface area contributed by atoms with Crippen LogP contribution < -0.4 is 0 Å². The summed E-state index contributed by atoms with van der Waals surface area (Å²) in [4.78, 5) is 0. The number of hydrogen-bond acceptors (Lipinski definition) is 3. The zero-order chi connectivity index (χ0) is 12.6.